The molecule has 0 aromatic carbocycles. The number of rotatable bonds is 8. The van der Waals surface area contributed by atoms with Gasteiger partial charge in [-0.25, -0.2) is 10.1 Å². The number of hydrogen-bond donors (Lipinski definition) is 1. The molecule has 2 saturated carbocycles. The summed E-state index contributed by atoms with van der Waals surface area (Å²) in [6, 6.07) is 0. The van der Waals surface area contributed by atoms with Crippen molar-refractivity contribution in [3.63, 3.8) is 0 Å². The minimum absolute atomic E-state index is 0.130. The molecule has 1 N–H and O–H groups in total. The molecule has 3 rings (SSSR count). The third-order valence-corrected chi connectivity index (χ3v) is 6.91. The second kappa shape index (κ2) is 7.16. The van der Waals surface area contributed by atoms with E-state index in [0.29, 0.717) is 12.8 Å². The number of halogens is 2. The topological polar surface area (TPSA) is 135 Å². The first-order valence-corrected chi connectivity index (χ1v) is 9.69. The van der Waals surface area contributed by atoms with Gasteiger partial charge in [0.15, 0.2) is 0 Å². The Morgan fingerprint density at radius 3 is 2.73 bits per heavy atom. The summed E-state index contributed by atoms with van der Waals surface area (Å²) >= 11 is -0.782. The Morgan fingerprint density at radius 1 is 1.31 bits per heavy atom. The molecule has 14 heteroatoms. The molecular formula is C12H14F2O10S2. The van der Waals surface area contributed by atoms with Crippen LogP contribution in [-0.2, 0) is 42.7 Å². The molecule has 1 heterocycles. The van der Waals surface area contributed by atoms with Crippen LogP contribution < -0.4 is 0 Å². The van der Waals surface area contributed by atoms with Gasteiger partial charge < -0.3 is 9.47 Å². The van der Waals surface area contributed by atoms with Gasteiger partial charge in [-0.1, -0.05) is 5.04 Å². The van der Waals surface area contributed by atoms with Gasteiger partial charge in [-0.15, -0.1) is 4.33 Å². The average molecular weight is 420 g/mol. The minimum Gasteiger partial charge on any atom is -0.460 e. The summed E-state index contributed by atoms with van der Waals surface area (Å²) < 4.78 is 67.8. The van der Waals surface area contributed by atoms with Crippen molar-refractivity contribution in [3.05, 3.63) is 0 Å². The van der Waals surface area contributed by atoms with Crippen LogP contribution in [0.4, 0.5) is 8.78 Å². The molecular weight excluding hydrogens is 406 g/mol. The number of carbonyl (C=O) groups excluding carboxylic acids is 2. The molecule has 5 unspecified atom stereocenters. The fourth-order valence-corrected chi connectivity index (χ4v) is 5.78. The molecule has 5 atom stereocenters. The molecule has 1 saturated heterocycles. The lowest BCUT2D eigenvalue weighted by Gasteiger charge is -2.24. The van der Waals surface area contributed by atoms with Gasteiger partial charge in [0.2, 0.25) is 0 Å². The maximum absolute atomic E-state index is 13.1. The molecule has 0 aromatic heterocycles. The van der Waals surface area contributed by atoms with E-state index in [9.17, 15) is 26.8 Å². The van der Waals surface area contributed by atoms with Crippen LogP contribution in [0, 0.1) is 11.8 Å². The summed E-state index contributed by atoms with van der Waals surface area (Å²) in [6.07, 6.45) is -0.999. The second-order valence-electron chi connectivity index (χ2n) is 6.07. The summed E-state index contributed by atoms with van der Waals surface area (Å²) in [7, 11) is -3.64. The Bertz CT molecular complexity index is 683. The van der Waals surface area contributed by atoms with Crippen molar-refractivity contribution in [1.82, 2.24) is 0 Å². The zero-order valence-corrected chi connectivity index (χ0v) is 14.5. The minimum atomic E-state index is -4.15. The van der Waals surface area contributed by atoms with Crippen molar-refractivity contribution in [2.24, 2.45) is 11.8 Å². The number of esters is 2. The number of carbonyl (C=O) groups is 2. The van der Waals surface area contributed by atoms with Gasteiger partial charge in [0.25, 0.3) is 10.1 Å². The van der Waals surface area contributed by atoms with E-state index in [4.69, 9.17) is 14.2 Å². The summed E-state index contributed by atoms with van der Waals surface area (Å²) in [5, 5.41) is 6.02. The summed E-state index contributed by atoms with van der Waals surface area (Å²) in [5.41, 5.74) is 0. The summed E-state index contributed by atoms with van der Waals surface area (Å²) in [6.45, 7) is -0.680. The average Bonchev–Trinajstić information content (AvgIpc) is 3.17. The highest BCUT2D eigenvalue weighted by atomic mass is 32.2. The van der Waals surface area contributed by atoms with Crippen LogP contribution in [0.2, 0.25) is 0 Å². The molecule has 26 heavy (non-hydrogen) atoms. The van der Waals surface area contributed by atoms with Gasteiger partial charge in [-0.2, -0.15) is 17.2 Å². The third kappa shape index (κ3) is 3.66. The fraction of sp³-hybridized carbons (Fsp3) is 0.833. The van der Waals surface area contributed by atoms with Crippen molar-refractivity contribution in [2.75, 3.05) is 6.61 Å². The molecule has 3 aliphatic rings. The summed E-state index contributed by atoms with van der Waals surface area (Å²) in [4.78, 5) is 23.0. The van der Waals surface area contributed by atoms with E-state index in [1.54, 1.807) is 0 Å². The maximum atomic E-state index is 13.1. The molecule has 0 aromatic rings. The lowest BCUT2D eigenvalue weighted by molar-refractivity contribution is -0.433. The predicted octanol–water partition coefficient (Wildman–Crippen LogP) is 0.631. The van der Waals surface area contributed by atoms with Gasteiger partial charge in [0.1, 0.15) is 30.9 Å². The first kappa shape index (κ1) is 19.7. The quantitative estimate of drug-likeness (QED) is 0.195. The second-order valence-corrected chi connectivity index (χ2v) is 8.67. The van der Waals surface area contributed by atoms with Gasteiger partial charge in [0.05, 0.1) is 11.7 Å². The normalized spacial score (nSPS) is 34.0. The van der Waals surface area contributed by atoms with Crippen molar-refractivity contribution < 1.29 is 55.1 Å². The summed E-state index contributed by atoms with van der Waals surface area (Å²) in [5.74, 6) is -3.16. The molecule has 0 amide bonds. The molecule has 1 aliphatic heterocycles. The molecule has 0 radical (unpaired) electrons. The Hall–Kier alpha value is -1.06. The van der Waals surface area contributed by atoms with Crippen LogP contribution in [0.25, 0.3) is 0 Å². The van der Waals surface area contributed by atoms with Crippen molar-refractivity contribution >= 4 is 34.1 Å². The standard InChI is InChI=1S/C12H14F2O10S2/c13-12(14,25-24-23-17)11(16)20-2-1-8(15)21-9-5-3-6-7(4-5)26(18,19)22-10(6)9/h5-7,9-10,17H,1-4H2. The smallest absolute Gasteiger partial charge is 0.415 e. The van der Waals surface area contributed by atoms with Gasteiger partial charge in [-0.3, -0.25) is 8.98 Å². The van der Waals surface area contributed by atoms with Gasteiger partial charge >= 0.3 is 17.2 Å². The monoisotopic (exact) mass is 420 g/mol. The van der Waals surface area contributed by atoms with Crippen LogP contribution in [0.1, 0.15) is 19.3 Å². The molecule has 10 nitrogen and oxygen atoms in total. The zero-order chi connectivity index (χ0) is 19.1. The Morgan fingerprint density at radius 2 is 2.04 bits per heavy atom. The van der Waals surface area contributed by atoms with Crippen LogP contribution in [0.15, 0.2) is 0 Å². The van der Waals surface area contributed by atoms with Crippen LogP contribution in [0.3, 0.4) is 0 Å². The molecule has 148 valence electrons. The Labute approximate surface area is 150 Å². The highest BCUT2D eigenvalue weighted by molar-refractivity contribution is 7.96. The Balaban J connectivity index is 1.44. The number of ether oxygens (including phenoxy) is 2. The SMILES string of the molecule is O=C(CCOC(=O)C(F)(F)SOOO)OC1C2CC3C1OS(=O)(=O)C3C2. The highest BCUT2D eigenvalue weighted by Gasteiger charge is 2.65. The van der Waals surface area contributed by atoms with Crippen molar-refractivity contribution in [3.8, 4) is 0 Å². The van der Waals surface area contributed by atoms with Gasteiger partial charge in [0, 0.05) is 11.8 Å². The number of alkyl halides is 2. The first-order valence-electron chi connectivity index (χ1n) is 7.48. The van der Waals surface area contributed by atoms with E-state index in [1.807, 2.05) is 0 Å². The zero-order valence-electron chi connectivity index (χ0n) is 12.9. The van der Waals surface area contributed by atoms with Crippen LogP contribution in [-0.4, -0.2) is 54.9 Å². The fourth-order valence-electron chi connectivity index (χ4n) is 3.66. The predicted molar refractivity (Wildman–Crippen MR) is 76.6 cm³/mol. The lowest BCUT2D eigenvalue weighted by atomic mass is 9.94. The number of hydrogen-bond acceptors (Lipinski definition) is 11. The maximum Gasteiger partial charge on any atom is 0.415 e. The van der Waals surface area contributed by atoms with E-state index in [1.165, 1.54) is 0 Å². The number of fused-ring (bicyclic) bond motifs is 1. The van der Waals surface area contributed by atoms with E-state index < -0.39 is 69.8 Å². The lowest BCUT2D eigenvalue weighted by Crippen LogP contribution is -2.37. The molecule has 3 fully saturated rings. The molecule has 2 bridgehead atoms. The highest BCUT2D eigenvalue weighted by Crippen LogP contribution is 2.55. The van der Waals surface area contributed by atoms with E-state index in [2.05, 4.69) is 14.1 Å². The van der Waals surface area contributed by atoms with Crippen LogP contribution >= 0.6 is 12.0 Å². The van der Waals surface area contributed by atoms with Crippen molar-refractivity contribution in [2.45, 2.75) is 42.0 Å². The largest absolute Gasteiger partial charge is 0.460 e. The first-order chi connectivity index (χ1) is 12.2. The Kier molecular flexibility index (Phi) is 5.43. The van der Waals surface area contributed by atoms with Crippen LogP contribution in [0.5, 0.6) is 0 Å². The molecule has 2 aliphatic carbocycles. The third-order valence-electron chi connectivity index (χ3n) is 4.63. The van der Waals surface area contributed by atoms with E-state index >= 15 is 0 Å². The van der Waals surface area contributed by atoms with Crippen molar-refractivity contribution in [1.29, 1.82) is 0 Å². The molecule has 0 spiro atoms. The van der Waals surface area contributed by atoms with E-state index in [-0.39, 0.29) is 11.8 Å². The van der Waals surface area contributed by atoms with Gasteiger partial charge in [-0.05, 0) is 12.8 Å². The van der Waals surface area contributed by atoms with E-state index in [0.717, 1.165) is 0 Å².